The maximum Gasteiger partial charge on any atom is 0.136 e. The molecule has 1 N–H and O–H groups in total. The summed E-state index contributed by atoms with van der Waals surface area (Å²) in [4.78, 5) is 9.28. The van der Waals surface area contributed by atoms with Crippen molar-refractivity contribution >= 4 is 5.82 Å². The lowest BCUT2D eigenvalue weighted by Crippen LogP contribution is -2.18. The van der Waals surface area contributed by atoms with Crippen LogP contribution in [0.2, 0.25) is 0 Å². The zero-order valence-corrected chi connectivity index (χ0v) is 11.1. The molecular weight excluding hydrogens is 226 g/mol. The molecule has 3 rings (SSSR count). The van der Waals surface area contributed by atoms with E-state index in [4.69, 9.17) is 4.74 Å². The minimum Gasteiger partial charge on any atom is -0.374 e. The maximum absolute atomic E-state index is 5.90. The van der Waals surface area contributed by atoms with Crippen LogP contribution in [0.5, 0.6) is 0 Å². The van der Waals surface area contributed by atoms with Crippen molar-refractivity contribution in [1.82, 2.24) is 9.97 Å². The van der Waals surface area contributed by atoms with Gasteiger partial charge in [-0.05, 0) is 32.6 Å². The molecule has 0 radical (unpaired) electrons. The van der Waals surface area contributed by atoms with Crippen LogP contribution in [0.3, 0.4) is 0 Å². The zero-order chi connectivity index (χ0) is 12.5. The predicted molar refractivity (Wildman–Crippen MR) is 70.8 cm³/mol. The summed E-state index contributed by atoms with van der Waals surface area (Å²) in [5.41, 5.74) is 1.04. The predicted octanol–water partition coefficient (Wildman–Crippen LogP) is 2.64. The van der Waals surface area contributed by atoms with E-state index in [0.29, 0.717) is 18.1 Å². The number of aryl methyl sites for hydroxylation is 1. The lowest BCUT2D eigenvalue weighted by atomic mass is 9.88. The molecule has 3 heterocycles. The van der Waals surface area contributed by atoms with Gasteiger partial charge in [0.05, 0.1) is 12.2 Å². The third kappa shape index (κ3) is 2.21. The Labute approximate surface area is 108 Å². The normalized spacial score (nSPS) is 29.8. The molecule has 0 aromatic carbocycles. The Morgan fingerprint density at radius 3 is 2.94 bits per heavy atom. The molecule has 1 aromatic rings. The number of aromatic nitrogens is 2. The van der Waals surface area contributed by atoms with Gasteiger partial charge in [0.2, 0.25) is 0 Å². The smallest absolute Gasteiger partial charge is 0.136 e. The molecule has 4 nitrogen and oxygen atoms in total. The second-order valence-corrected chi connectivity index (χ2v) is 5.40. The van der Waals surface area contributed by atoms with Crippen molar-refractivity contribution in [3.8, 4) is 0 Å². The Bertz CT molecular complexity index is 435. The van der Waals surface area contributed by atoms with Gasteiger partial charge < -0.3 is 10.1 Å². The van der Waals surface area contributed by atoms with Crippen LogP contribution >= 0.6 is 0 Å². The van der Waals surface area contributed by atoms with E-state index in [1.165, 1.54) is 12.8 Å². The highest BCUT2D eigenvalue weighted by Gasteiger charge is 2.42. The minimum atomic E-state index is 0.357. The molecule has 4 heteroatoms. The van der Waals surface area contributed by atoms with E-state index in [-0.39, 0.29) is 0 Å². The molecule has 0 aliphatic carbocycles. The first-order valence-corrected chi connectivity index (χ1v) is 7.01. The number of fused-ring (bicyclic) bond motifs is 2. The molecule has 2 aliphatic heterocycles. The highest BCUT2D eigenvalue weighted by molar-refractivity contribution is 5.36. The fourth-order valence-electron chi connectivity index (χ4n) is 3.01. The first kappa shape index (κ1) is 11.9. The summed E-state index contributed by atoms with van der Waals surface area (Å²) in [5, 5.41) is 3.35. The largest absolute Gasteiger partial charge is 0.374 e. The maximum atomic E-state index is 5.90. The average molecular weight is 247 g/mol. The third-order valence-corrected chi connectivity index (χ3v) is 3.87. The van der Waals surface area contributed by atoms with Crippen LogP contribution in [0.1, 0.15) is 50.0 Å². The highest BCUT2D eigenvalue weighted by Crippen LogP contribution is 2.43. The Balaban J connectivity index is 1.81. The molecule has 18 heavy (non-hydrogen) atoms. The summed E-state index contributed by atoms with van der Waals surface area (Å²) in [6.45, 7) is 5.16. The summed E-state index contributed by atoms with van der Waals surface area (Å²) in [6, 6.07) is 2.02. The van der Waals surface area contributed by atoms with Crippen LogP contribution in [0.4, 0.5) is 5.82 Å². The fraction of sp³-hybridized carbons (Fsp3) is 0.714. The zero-order valence-electron chi connectivity index (χ0n) is 11.1. The van der Waals surface area contributed by atoms with Crippen molar-refractivity contribution in [3.63, 3.8) is 0 Å². The van der Waals surface area contributed by atoms with Gasteiger partial charge >= 0.3 is 0 Å². The Morgan fingerprint density at radius 2 is 2.28 bits per heavy atom. The van der Waals surface area contributed by atoms with Crippen molar-refractivity contribution in [2.24, 2.45) is 0 Å². The van der Waals surface area contributed by atoms with E-state index in [1.54, 1.807) is 0 Å². The molecule has 0 spiro atoms. The molecule has 98 valence electrons. The van der Waals surface area contributed by atoms with E-state index in [9.17, 15) is 0 Å². The molecular formula is C14H21N3O. The summed E-state index contributed by atoms with van der Waals surface area (Å²) < 4.78 is 5.90. The number of rotatable bonds is 4. The summed E-state index contributed by atoms with van der Waals surface area (Å²) >= 11 is 0. The molecule has 2 saturated heterocycles. The van der Waals surface area contributed by atoms with Crippen LogP contribution in [-0.4, -0.2) is 28.7 Å². The second-order valence-electron chi connectivity index (χ2n) is 5.40. The quantitative estimate of drug-likeness (QED) is 0.888. The van der Waals surface area contributed by atoms with Crippen LogP contribution in [0.25, 0.3) is 0 Å². The first-order chi connectivity index (χ1) is 8.76. The molecule has 2 aliphatic rings. The lowest BCUT2D eigenvalue weighted by molar-refractivity contribution is 0.0999. The summed E-state index contributed by atoms with van der Waals surface area (Å²) in [6.07, 6.45) is 5.40. The van der Waals surface area contributed by atoms with E-state index in [1.807, 2.05) is 13.0 Å². The van der Waals surface area contributed by atoms with E-state index < -0.39 is 0 Å². The number of anilines is 1. The van der Waals surface area contributed by atoms with Gasteiger partial charge in [0.25, 0.3) is 0 Å². The topological polar surface area (TPSA) is 47.0 Å². The van der Waals surface area contributed by atoms with Crippen LogP contribution in [0, 0.1) is 6.92 Å². The standard InChI is InChI=1S/C14H21N3O/c1-3-6-15-13-7-9(2)16-14(17-13)11-8-10-4-5-12(11)18-10/h7,10-12H,3-6,8H2,1-2H3,(H,15,16,17). The van der Waals surface area contributed by atoms with Gasteiger partial charge in [-0.25, -0.2) is 9.97 Å². The van der Waals surface area contributed by atoms with Crippen LogP contribution in [0.15, 0.2) is 6.07 Å². The number of hydrogen-bond acceptors (Lipinski definition) is 4. The van der Waals surface area contributed by atoms with Gasteiger partial charge in [-0.2, -0.15) is 0 Å². The van der Waals surface area contributed by atoms with Crippen molar-refractivity contribution < 1.29 is 4.74 Å². The summed E-state index contributed by atoms with van der Waals surface area (Å²) in [7, 11) is 0. The Hall–Kier alpha value is -1.16. The Morgan fingerprint density at radius 1 is 1.39 bits per heavy atom. The van der Waals surface area contributed by atoms with Gasteiger partial charge in [0, 0.05) is 24.2 Å². The molecule has 3 unspecified atom stereocenters. The minimum absolute atomic E-state index is 0.357. The van der Waals surface area contributed by atoms with Crippen molar-refractivity contribution in [2.75, 3.05) is 11.9 Å². The lowest BCUT2D eigenvalue weighted by Gasteiger charge is -2.18. The first-order valence-electron chi connectivity index (χ1n) is 7.01. The van der Waals surface area contributed by atoms with Gasteiger partial charge in [0.15, 0.2) is 0 Å². The van der Waals surface area contributed by atoms with Crippen molar-refractivity contribution in [2.45, 2.75) is 57.7 Å². The molecule has 0 saturated carbocycles. The van der Waals surface area contributed by atoms with Gasteiger partial charge in [-0.3, -0.25) is 0 Å². The van der Waals surface area contributed by atoms with Crippen molar-refractivity contribution in [1.29, 1.82) is 0 Å². The van der Waals surface area contributed by atoms with Gasteiger partial charge in [0.1, 0.15) is 11.6 Å². The van der Waals surface area contributed by atoms with Crippen LogP contribution < -0.4 is 5.32 Å². The molecule has 1 aromatic heterocycles. The number of nitrogens with one attached hydrogen (secondary N) is 1. The monoisotopic (exact) mass is 247 g/mol. The molecule has 0 amide bonds. The molecule has 2 fully saturated rings. The number of nitrogens with zero attached hydrogens (tertiary/aromatic N) is 2. The Kier molecular flexibility index (Phi) is 3.20. The van der Waals surface area contributed by atoms with E-state index >= 15 is 0 Å². The SMILES string of the molecule is CCCNc1cc(C)nc(C2CC3CCC2O3)n1. The molecule has 3 atom stereocenters. The van der Waals surface area contributed by atoms with E-state index in [2.05, 4.69) is 22.2 Å². The van der Waals surface area contributed by atoms with Crippen LogP contribution in [-0.2, 0) is 4.74 Å². The van der Waals surface area contributed by atoms with Gasteiger partial charge in [-0.1, -0.05) is 6.92 Å². The fourth-order valence-corrected chi connectivity index (χ4v) is 3.01. The summed E-state index contributed by atoms with van der Waals surface area (Å²) in [5.74, 6) is 2.34. The van der Waals surface area contributed by atoms with E-state index in [0.717, 1.165) is 36.7 Å². The second kappa shape index (κ2) is 4.84. The highest BCUT2D eigenvalue weighted by atomic mass is 16.5. The van der Waals surface area contributed by atoms with Crippen molar-refractivity contribution in [3.05, 3.63) is 17.6 Å². The molecule has 2 bridgehead atoms. The third-order valence-electron chi connectivity index (χ3n) is 3.87. The number of ether oxygens (including phenoxy) is 1. The average Bonchev–Trinajstić information content (AvgIpc) is 2.98. The van der Waals surface area contributed by atoms with Gasteiger partial charge in [-0.15, -0.1) is 0 Å². The number of hydrogen-bond donors (Lipinski definition) is 1.